The first kappa shape index (κ1) is 17.9. The van der Waals surface area contributed by atoms with Crippen LogP contribution in [-0.4, -0.2) is 43.0 Å². The van der Waals surface area contributed by atoms with Crippen LogP contribution in [0.1, 0.15) is 37.7 Å². The summed E-state index contributed by atoms with van der Waals surface area (Å²) in [6.45, 7) is 0.910. The molecule has 1 fully saturated rings. The van der Waals surface area contributed by atoms with Gasteiger partial charge in [-0.05, 0) is 30.5 Å². The van der Waals surface area contributed by atoms with Crippen molar-refractivity contribution in [1.29, 1.82) is 0 Å². The largest absolute Gasteiger partial charge is 0.355 e. The molecule has 128 valence electrons. The average Bonchev–Trinajstić information content (AvgIpc) is 2.54. The molecule has 0 spiro atoms. The standard InChI is InChI=1S/C16H25N3O3S/c1-23(21,22)19(13-14-7-9-17-10-8-14)12-11-18-16(20)15-5-3-2-4-6-15/h7-10,15H,2-6,11-13H2,1H3,(H,18,20). The van der Waals surface area contributed by atoms with Gasteiger partial charge < -0.3 is 5.32 Å². The van der Waals surface area contributed by atoms with Gasteiger partial charge in [0.2, 0.25) is 15.9 Å². The van der Waals surface area contributed by atoms with E-state index >= 15 is 0 Å². The van der Waals surface area contributed by atoms with Crippen molar-refractivity contribution in [2.45, 2.75) is 38.6 Å². The lowest BCUT2D eigenvalue weighted by atomic mass is 9.89. The van der Waals surface area contributed by atoms with Gasteiger partial charge in [-0.25, -0.2) is 8.42 Å². The van der Waals surface area contributed by atoms with Crippen molar-refractivity contribution in [1.82, 2.24) is 14.6 Å². The molecule has 0 atom stereocenters. The van der Waals surface area contributed by atoms with Gasteiger partial charge in [0.25, 0.3) is 0 Å². The molecule has 1 saturated carbocycles. The van der Waals surface area contributed by atoms with Crippen LogP contribution < -0.4 is 5.32 Å². The predicted molar refractivity (Wildman–Crippen MR) is 89.1 cm³/mol. The van der Waals surface area contributed by atoms with Crippen LogP contribution in [0.5, 0.6) is 0 Å². The van der Waals surface area contributed by atoms with Gasteiger partial charge in [-0.3, -0.25) is 9.78 Å². The fourth-order valence-electron chi connectivity index (χ4n) is 2.87. The van der Waals surface area contributed by atoms with Gasteiger partial charge in [0.15, 0.2) is 0 Å². The predicted octanol–water partition coefficient (Wildman–Crippen LogP) is 1.54. The van der Waals surface area contributed by atoms with E-state index in [0.717, 1.165) is 31.2 Å². The quantitative estimate of drug-likeness (QED) is 0.817. The SMILES string of the molecule is CS(=O)(=O)N(CCNC(=O)C1CCCCC1)Cc1ccncc1. The smallest absolute Gasteiger partial charge is 0.223 e. The second kappa shape index (κ2) is 8.40. The Balaban J connectivity index is 1.85. The van der Waals surface area contributed by atoms with Gasteiger partial charge in [-0.15, -0.1) is 0 Å². The summed E-state index contributed by atoms with van der Waals surface area (Å²) in [6.07, 6.45) is 9.78. The van der Waals surface area contributed by atoms with Crippen LogP contribution in [0.25, 0.3) is 0 Å². The van der Waals surface area contributed by atoms with Crippen LogP contribution in [0.3, 0.4) is 0 Å². The van der Waals surface area contributed by atoms with E-state index in [0.29, 0.717) is 13.1 Å². The summed E-state index contributed by atoms with van der Waals surface area (Å²) in [4.78, 5) is 16.0. The number of rotatable bonds is 7. The zero-order valence-electron chi connectivity index (χ0n) is 13.6. The van der Waals surface area contributed by atoms with E-state index in [1.807, 2.05) is 0 Å². The van der Waals surface area contributed by atoms with Crippen LogP contribution in [0.2, 0.25) is 0 Å². The molecule has 7 heteroatoms. The lowest BCUT2D eigenvalue weighted by Crippen LogP contribution is -2.40. The molecule has 1 heterocycles. The highest BCUT2D eigenvalue weighted by Gasteiger charge is 2.22. The Morgan fingerprint density at radius 3 is 2.52 bits per heavy atom. The lowest BCUT2D eigenvalue weighted by molar-refractivity contribution is -0.125. The Labute approximate surface area is 138 Å². The number of nitrogens with zero attached hydrogens (tertiary/aromatic N) is 2. The minimum atomic E-state index is -3.32. The lowest BCUT2D eigenvalue weighted by Gasteiger charge is -2.23. The molecule has 23 heavy (non-hydrogen) atoms. The zero-order chi connectivity index (χ0) is 16.7. The minimum absolute atomic E-state index is 0.0575. The summed E-state index contributed by atoms with van der Waals surface area (Å²) < 4.78 is 25.2. The second-order valence-corrected chi connectivity index (χ2v) is 8.06. The van der Waals surface area contributed by atoms with Crippen molar-refractivity contribution in [3.8, 4) is 0 Å². The molecule has 0 unspecified atom stereocenters. The topological polar surface area (TPSA) is 79.4 Å². The summed E-state index contributed by atoms with van der Waals surface area (Å²) in [5.74, 6) is 0.151. The van der Waals surface area contributed by atoms with Crippen molar-refractivity contribution >= 4 is 15.9 Å². The van der Waals surface area contributed by atoms with Gasteiger partial charge >= 0.3 is 0 Å². The molecular weight excluding hydrogens is 314 g/mol. The number of carbonyl (C=O) groups is 1. The molecule has 1 aromatic heterocycles. The van der Waals surface area contributed by atoms with Crippen molar-refractivity contribution in [3.63, 3.8) is 0 Å². The van der Waals surface area contributed by atoms with Crippen LogP contribution in [-0.2, 0) is 21.4 Å². The fourth-order valence-corrected chi connectivity index (χ4v) is 3.67. The summed E-state index contributed by atoms with van der Waals surface area (Å²) in [5, 5.41) is 2.88. The number of pyridine rings is 1. The first-order valence-corrected chi connectivity index (χ1v) is 9.93. The van der Waals surface area contributed by atoms with E-state index in [2.05, 4.69) is 10.3 Å². The third-order valence-corrected chi connectivity index (χ3v) is 5.46. The Hall–Kier alpha value is -1.47. The summed E-state index contributed by atoms with van der Waals surface area (Å²) in [6, 6.07) is 3.58. The Morgan fingerprint density at radius 2 is 1.91 bits per heavy atom. The second-order valence-electron chi connectivity index (χ2n) is 6.08. The van der Waals surface area contributed by atoms with Crippen molar-refractivity contribution in [3.05, 3.63) is 30.1 Å². The third kappa shape index (κ3) is 5.91. The average molecular weight is 339 g/mol. The molecular formula is C16H25N3O3S. The number of carbonyl (C=O) groups excluding carboxylic acids is 1. The van der Waals surface area contributed by atoms with E-state index in [-0.39, 0.29) is 18.4 Å². The number of nitrogens with one attached hydrogen (secondary N) is 1. The highest BCUT2D eigenvalue weighted by Crippen LogP contribution is 2.23. The summed E-state index contributed by atoms with van der Waals surface area (Å²) in [7, 11) is -3.32. The molecule has 1 aliphatic carbocycles. The number of sulfonamides is 1. The summed E-state index contributed by atoms with van der Waals surface area (Å²) in [5.41, 5.74) is 0.879. The molecule has 0 bridgehead atoms. The maximum absolute atomic E-state index is 12.1. The molecule has 1 amide bonds. The number of hydrogen-bond acceptors (Lipinski definition) is 4. The fraction of sp³-hybridized carbons (Fsp3) is 0.625. The molecule has 2 rings (SSSR count). The summed E-state index contributed by atoms with van der Waals surface area (Å²) >= 11 is 0. The Kier molecular flexibility index (Phi) is 6.53. The molecule has 0 aromatic carbocycles. The minimum Gasteiger partial charge on any atom is -0.355 e. The molecule has 6 nitrogen and oxygen atoms in total. The maximum atomic E-state index is 12.1. The van der Waals surface area contributed by atoms with Crippen LogP contribution >= 0.6 is 0 Å². The van der Waals surface area contributed by atoms with E-state index in [1.165, 1.54) is 17.0 Å². The van der Waals surface area contributed by atoms with E-state index in [1.54, 1.807) is 24.5 Å². The zero-order valence-corrected chi connectivity index (χ0v) is 14.4. The van der Waals surface area contributed by atoms with Gasteiger partial charge in [0, 0.05) is 37.9 Å². The van der Waals surface area contributed by atoms with Crippen molar-refractivity contribution < 1.29 is 13.2 Å². The highest BCUT2D eigenvalue weighted by molar-refractivity contribution is 7.88. The first-order chi connectivity index (χ1) is 11.0. The van der Waals surface area contributed by atoms with Crippen molar-refractivity contribution in [2.75, 3.05) is 19.3 Å². The van der Waals surface area contributed by atoms with Gasteiger partial charge in [0.1, 0.15) is 0 Å². The van der Waals surface area contributed by atoms with Crippen LogP contribution in [0.4, 0.5) is 0 Å². The number of amides is 1. The Bertz CT molecular complexity index is 598. The molecule has 0 aliphatic heterocycles. The van der Waals surface area contributed by atoms with Gasteiger partial charge in [0.05, 0.1) is 6.26 Å². The van der Waals surface area contributed by atoms with Crippen LogP contribution in [0.15, 0.2) is 24.5 Å². The first-order valence-electron chi connectivity index (χ1n) is 8.08. The molecule has 0 saturated heterocycles. The number of aromatic nitrogens is 1. The molecule has 0 radical (unpaired) electrons. The van der Waals surface area contributed by atoms with Crippen LogP contribution in [0, 0.1) is 5.92 Å². The third-order valence-electron chi connectivity index (χ3n) is 4.21. The monoisotopic (exact) mass is 339 g/mol. The maximum Gasteiger partial charge on any atom is 0.223 e. The van der Waals surface area contributed by atoms with E-state index < -0.39 is 10.0 Å². The molecule has 1 aromatic rings. The van der Waals surface area contributed by atoms with E-state index in [4.69, 9.17) is 0 Å². The van der Waals surface area contributed by atoms with Crippen molar-refractivity contribution in [2.24, 2.45) is 5.92 Å². The molecule has 1 aliphatic rings. The highest BCUT2D eigenvalue weighted by atomic mass is 32.2. The Morgan fingerprint density at radius 1 is 1.26 bits per heavy atom. The van der Waals surface area contributed by atoms with Gasteiger partial charge in [-0.1, -0.05) is 19.3 Å². The normalized spacial score (nSPS) is 16.4. The van der Waals surface area contributed by atoms with Gasteiger partial charge in [-0.2, -0.15) is 4.31 Å². The number of hydrogen-bond donors (Lipinski definition) is 1. The van der Waals surface area contributed by atoms with E-state index in [9.17, 15) is 13.2 Å². The molecule has 1 N–H and O–H groups in total.